The van der Waals surface area contributed by atoms with E-state index in [1.165, 1.54) is 0 Å². The number of esters is 1. The molecule has 15 heavy (non-hydrogen) atoms. The second-order valence-corrected chi connectivity index (χ2v) is 2.87. The minimum absolute atomic E-state index is 0.0811. The van der Waals surface area contributed by atoms with Crippen molar-refractivity contribution in [1.82, 2.24) is 5.32 Å². The number of carboxylic acids is 1. The minimum Gasteiger partial charge on any atom is -0.480 e. The highest BCUT2D eigenvalue weighted by atomic mass is 16.5. The maximum Gasteiger partial charge on any atom is 0.396 e. The summed E-state index contributed by atoms with van der Waals surface area (Å²) in [6.45, 7) is 3.43. The summed E-state index contributed by atoms with van der Waals surface area (Å²) in [5.74, 6) is -3.23. The lowest BCUT2D eigenvalue weighted by Gasteiger charge is -2.12. The van der Waals surface area contributed by atoms with Crippen LogP contribution >= 0.6 is 0 Å². The van der Waals surface area contributed by atoms with E-state index >= 15 is 0 Å². The highest BCUT2D eigenvalue weighted by molar-refractivity contribution is 6.32. The summed E-state index contributed by atoms with van der Waals surface area (Å²) < 4.78 is 4.42. The summed E-state index contributed by atoms with van der Waals surface area (Å²) >= 11 is 0. The van der Waals surface area contributed by atoms with Crippen LogP contribution in [0.3, 0.4) is 0 Å². The molecule has 0 saturated carbocycles. The lowest BCUT2D eigenvalue weighted by Crippen LogP contribution is -2.44. The van der Waals surface area contributed by atoms with Crippen molar-refractivity contribution >= 4 is 17.8 Å². The highest BCUT2D eigenvalue weighted by Crippen LogP contribution is 1.97. The van der Waals surface area contributed by atoms with E-state index in [1.54, 1.807) is 13.8 Å². The number of amides is 1. The van der Waals surface area contributed by atoms with Gasteiger partial charge in [0.15, 0.2) is 0 Å². The van der Waals surface area contributed by atoms with E-state index in [9.17, 15) is 14.4 Å². The van der Waals surface area contributed by atoms with Gasteiger partial charge in [0.05, 0.1) is 6.61 Å². The Balaban J connectivity index is 4.22. The number of hydrogen-bond acceptors (Lipinski definition) is 4. The molecule has 0 saturated heterocycles. The zero-order chi connectivity index (χ0) is 11.8. The number of carbonyl (C=O) groups excluding carboxylic acids is 2. The maximum absolute atomic E-state index is 11.1. The van der Waals surface area contributed by atoms with Crippen molar-refractivity contribution in [3.63, 3.8) is 0 Å². The molecular weight excluding hydrogens is 202 g/mol. The summed E-state index contributed by atoms with van der Waals surface area (Å²) in [5.41, 5.74) is 0. The van der Waals surface area contributed by atoms with Crippen molar-refractivity contribution < 1.29 is 24.2 Å². The van der Waals surface area contributed by atoms with Crippen LogP contribution in [0.15, 0.2) is 0 Å². The molecular formula is C9H15NO5. The molecule has 6 heteroatoms. The molecule has 0 aliphatic heterocycles. The Hall–Kier alpha value is -1.59. The first kappa shape index (κ1) is 13.4. The molecule has 0 spiro atoms. The molecule has 0 aliphatic carbocycles. The Labute approximate surface area is 87.6 Å². The third kappa shape index (κ3) is 4.99. The average Bonchev–Trinajstić information content (AvgIpc) is 2.17. The topological polar surface area (TPSA) is 92.7 Å². The van der Waals surface area contributed by atoms with Gasteiger partial charge < -0.3 is 15.2 Å². The van der Waals surface area contributed by atoms with E-state index < -0.39 is 23.9 Å². The molecule has 0 bridgehead atoms. The Kier molecular flexibility index (Phi) is 6.08. The highest BCUT2D eigenvalue weighted by Gasteiger charge is 2.23. The number of hydrogen-bond donors (Lipinski definition) is 2. The lowest BCUT2D eigenvalue weighted by atomic mass is 10.2. The number of ether oxygens (including phenoxy) is 1. The van der Waals surface area contributed by atoms with Gasteiger partial charge in [-0.2, -0.15) is 0 Å². The summed E-state index contributed by atoms with van der Waals surface area (Å²) in [5, 5.41) is 10.8. The van der Waals surface area contributed by atoms with Crippen molar-refractivity contribution in [3.05, 3.63) is 0 Å². The van der Waals surface area contributed by atoms with Gasteiger partial charge in [-0.3, -0.25) is 4.79 Å². The molecule has 0 heterocycles. The van der Waals surface area contributed by atoms with Crippen LogP contribution in [-0.2, 0) is 19.1 Å². The summed E-state index contributed by atoms with van der Waals surface area (Å²) in [6.07, 6.45) is 0.876. The quantitative estimate of drug-likeness (QED) is 0.496. The van der Waals surface area contributed by atoms with Gasteiger partial charge in [-0.05, 0) is 13.3 Å². The molecule has 1 unspecified atom stereocenters. The Morgan fingerprint density at radius 2 is 1.93 bits per heavy atom. The van der Waals surface area contributed by atoms with Crippen molar-refractivity contribution in [3.8, 4) is 0 Å². The fourth-order valence-electron chi connectivity index (χ4n) is 0.960. The Morgan fingerprint density at radius 1 is 1.33 bits per heavy atom. The van der Waals surface area contributed by atoms with Crippen LogP contribution in [0.1, 0.15) is 26.7 Å². The first-order valence-corrected chi connectivity index (χ1v) is 4.73. The molecule has 2 N–H and O–H groups in total. The summed E-state index contributed by atoms with van der Waals surface area (Å²) in [6, 6.07) is -1.04. The van der Waals surface area contributed by atoms with Gasteiger partial charge in [0.1, 0.15) is 6.04 Å². The normalized spacial score (nSPS) is 11.6. The van der Waals surface area contributed by atoms with E-state index in [2.05, 4.69) is 10.1 Å². The zero-order valence-electron chi connectivity index (χ0n) is 8.78. The second kappa shape index (κ2) is 6.80. The molecule has 1 amide bonds. The predicted molar refractivity (Wildman–Crippen MR) is 51.1 cm³/mol. The van der Waals surface area contributed by atoms with Crippen molar-refractivity contribution in [2.45, 2.75) is 32.7 Å². The van der Waals surface area contributed by atoms with Gasteiger partial charge in [0.2, 0.25) is 0 Å². The first-order chi connectivity index (χ1) is 7.02. The van der Waals surface area contributed by atoms with Gasteiger partial charge in [-0.15, -0.1) is 0 Å². The molecule has 1 atom stereocenters. The molecule has 6 nitrogen and oxygen atoms in total. The number of rotatable bonds is 5. The zero-order valence-corrected chi connectivity index (χ0v) is 8.78. The van der Waals surface area contributed by atoms with Crippen molar-refractivity contribution in [1.29, 1.82) is 0 Å². The van der Waals surface area contributed by atoms with Crippen LogP contribution in [-0.4, -0.2) is 35.6 Å². The van der Waals surface area contributed by atoms with Crippen LogP contribution in [0, 0.1) is 0 Å². The first-order valence-electron chi connectivity index (χ1n) is 4.73. The van der Waals surface area contributed by atoms with Gasteiger partial charge in [-0.25, -0.2) is 9.59 Å². The Morgan fingerprint density at radius 3 is 2.33 bits per heavy atom. The molecule has 0 radical (unpaired) electrons. The van der Waals surface area contributed by atoms with Crippen molar-refractivity contribution in [2.24, 2.45) is 0 Å². The maximum atomic E-state index is 11.1. The van der Waals surface area contributed by atoms with E-state index in [4.69, 9.17) is 5.11 Å². The van der Waals surface area contributed by atoms with Crippen LogP contribution < -0.4 is 5.32 Å². The third-order valence-corrected chi connectivity index (χ3v) is 1.64. The van der Waals surface area contributed by atoms with Crippen LogP contribution in [0.5, 0.6) is 0 Å². The smallest absolute Gasteiger partial charge is 0.396 e. The fourth-order valence-corrected chi connectivity index (χ4v) is 0.960. The standard InChI is InChI=1S/C9H15NO5/c1-3-5-6(8(12)13)10-7(11)9(14)15-4-2/h6H,3-5H2,1-2H3,(H,10,11)(H,12,13). The van der Waals surface area contributed by atoms with E-state index in [-0.39, 0.29) is 13.0 Å². The monoisotopic (exact) mass is 217 g/mol. The molecule has 0 aromatic heterocycles. The van der Waals surface area contributed by atoms with Gasteiger partial charge in [0.25, 0.3) is 0 Å². The van der Waals surface area contributed by atoms with Crippen LogP contribution in [0.2, 0.25) is 0 Å². The molecule has 0 rings (SSSR count). The van der Waals surface area contributed by atoms with Crippen LogP contribution in [0.4, 0.5) is 0 Å². The molecule has 0 aromatic carbocycles. The number of carboxylic acid groups (broad SMARTS) is 1. The summed E-state index contributed by atoms with van der Waals surface area (Å²) in [4.78, 5) is 32.6. The van der Waals surface area contributed by atoms with E-state index in [0.29, 0.717) is 6.42 Å². The van der Waals surface area contributed by atoms with Crippen LogP contribution in [0.25, 0.3) is 0 Å². The van der Waals surface area contributed by atoms with Gasteiger partial charge >= 0.3 is 17.8 Å². The van der Waals surface area contributed by atoms with Gasteiger partial charge in [0, 0.05) is 0 Å². The Bertz CT molecular complexity index is 251. The fraction of sp³-hybridized carbons (Fsp3) is 0.667. The molecule has 0 aliphatic rings. The second-order valence-electron chi connectivity index (χ2n) is 2.87. The molecule has 86 valence electrons. The number of aliphatic carboxylic acids is 1. The average molecular weight is 217 g/mol. The van der Waals surface area contributed by atoms with E-state index in [1.807, 2.05) is 0 Å². The summed E-state index contributed by atoms with van der Waals surface area (Å²) in [7, 11) is 0. The number of carbonyl (C=O) groups is 3. The molecule has 0 fully saturated rings. The van der Waals surface area contributed by atoms with E-state index in [0.717, 1.165) is 0 Å². The minimum atomic E-state index is -1.16. The molecule has 0 aromatic rings. The SMILES string of the molecule is CCCC(NC(=O)C(=O)OCC)C(=O)O. The predicted octanol–water partition coefficient (Wildman–Crippen LogP) is -0.0810. The van der Waals surface area contributed by atoms with Gasteiger partial charge in [-0.1, -0.05) is 13.3 Å². The lowest BCUT2D eigenvalue weighted by molar-refractivity contribution is -0.156. The largest absolute Gasteiger partial charge is 0.480 e. The van der Waals surface area contributed by atoms with Crippen molar-refractivity contribution in [2.75, 3.05) is 6.61 Å². The number of nitrogens with one attached hydrogen (secondary N) is 1. The third-order valence-electron chi connectivity index (χ3n) is 1.64.